The van der Waals surface area contributed by atoms with E-state index in [1.807, 2.05) is 0 Å². The Morgan fingerprint density at radius 3 is 2.83 bits per heavy atom. The van der Waals surface area contributed by atoms with Crippen molar-refractivity contribution in [3.63, 3.8) is 0 Å². The summed E-state index contributed by atoms with van der Waals surface area (Å²) in [7, 11) is -1.31. The fourth-order valence-electron chi connectivity index (χ4n) is 2.05. The molecule has 0 aliphatic carbocycles. The molecule has 0 saturated carbocycles. The Kier molecular flexibility index (Phi) is 3.87. The number of benzene rings is 1. The Balaban J connectivity index is 1.97. The quantitative estimate of drug-likeness (QED) is 0.753. The second-order valence-electron chi connectivity index (χ2n) is 4.92. The lowest BCUT2D eigenvalue weighted by Crippen LogP contribution is -2.00. The molecule has 2 heterocycles. The largest absolute Gasteiger partial charge is 0.495 e. The Hall–Kier alpha value is -2.32. The molecule has 23 heavy (non-hydrogen) atoms. The molecule has 7 nitrogen and oxygen atoms in total. The zero-order valence-corrected chi connectivity index (χ0v) is 14.0. The maximum absolute atomic E-state index is 11.8. The molecule has 3 rings (SSSR count). The molecule has 0 fully saturated rings. The highest BCUT2D eigenvalue weighted by Gasteiger charge is 2.11. The number of hydrogen-bond acceptors (Lipinski definition) is 6. The van der Waals surface area contributed by atoms with E-state index in [4.69, 9.17) is 21.1 Å². The number of nitrogens with one attached hydrogen (secondary N) is 2. The van der Waals surface area contributed by atoms with Gasteiger partial charge in [0.1, 0.15) is 5.75 Å². The van der Waals surface area contributed by atoms with Gasteiger partial charge in [-0.05, 0) is 30.3 Å². The first kappa shape index (κ1) is 15.6. The molecule has 0 saturated heterocycles. The van der Waals surface area contributed by atoms with Crippen molar-refractivity contribution in [3.05, 3.63) is 41.6 Å². The summed E-state index contributed by atoms with van der Waals surface area (Å²) >= 11 is 5.92. The Bertz CT molecular complexity index is 984. The van der Waals surface area contributed by atoms with E-state index in [1.54, 1.807) is 41.0 Å². The van der Waals surface area contributed by atoms with Crippen LogP contribution in [0.5, 0.6) is 5.75 Å². The molecule has 1 atom stereocenters. The maximum Gasteiger partial charge on any atom is 0.247 e. The van der Waals surface area contributed by atoms with Crippen molar-refractivity contribution in [1.29, 1.82) is 4.78 Å². The summed E-state index contributed by atoms with van der Waals surface area (Å²) in [5.41, 5.74) is 1.26. The molecule has 0 bridgehead atoms. The van der Waals surface area contributed by atoms with E-state index in [0.29, 0.717) is 33.0 Å². The van der Waals surface area contributed by atoms with Gasteiger partial charge in [-0.2, -0.15) is 4.98 Å². The first-order valence-corrected chi connectivity index (χ1v) is 8.92. The van der Waals surface area contributed by atoms with Crippen LogP contribution < -0.4 is 10.1 Å². The third kappa shape index (κ3) is 3.22. The molecule has 3 aromatic rings. The van der Waals surface area contributed by atoms with Crippen LogP contribution in [0.25, 0.3) is 5.65 Å². The van der Waals surface area contributed by atoms with Crippen molar-refractivity contribution in [1.82, 2.24) is 14.6 Å². The fourth-order valence-corrected chi connectivity index (χ4v) is 2.86. The zero-order valence-electron chi connectivity index (χ0n) is 12.4. The van der Waals surface area contributed by atoms with Gasteiger partial charge in [0.2, 0.25) is 5.95 Å². The summed E-state index contributed by atoms with van der Waals surface area (Å²) in [6.07, 6.45) is 3.02. The molecule has 1 aromatic carbocycles. The van der Waals surface area contributed by atoms with Crippen molar-refractivity contribution < 1.29 is 8.95 Å². The molecule has 2 aromatic heterocycles. The number of anilines is 2. The van der Waals surface area contributed by atoms with Gasteiger partial charge < -0.3 is 10.1 Å². The van der Waals surface area contributed by atoms with Gasteiger partial charge in [0.25, 0.3) is 0 Å². The number of aromatic nitrogens is 3. The number of fused-ring (bicyclic) bond motifs is 1. The van der Waals surface area contributed by atoms with E-state index in [2.05, 4.69) is 15.4 Å². The van der Waals surface area contributed by atoms with Gasteiger partial charge in [0.15, 0.2) is 5.65 Å². The highest BCUT2D eigenvalue weighted by Crippen LogP contribution is 2.29. The molecule has 2 N–H and O–H groups in total. The van der Waals surface area contributed by atoms with Gasteiger partial charge in [0.05, 0.1) is 32.4 Å². The smallest absolute Gasteiger partial charge is 0.247 e. The van der Waals surface area contributed by atoms with Gasteiger partial charge in [0, 0.05) is 12.5 Å². The zero-order chi connectivity index (χ0) is 16.6. The van der Waals surface area contributed by atoms with Crippen LogP contribution in [0.15, 0.2) is 41.4 Å². The van der Waals surface area contributed by atoms with Crippen LogP contribution in [0, 0.1) is 4.78 Å². The van der Waals surface area contributed by atoms with Crippen molar-refractivity contribution in [3.8, 4) is 5.75 Å². The van der Waals surface area contributed by atoms with Crippen LogP contribution >= 0.6 is 11.6 Å². The molecule has 0 spiro atoms. The van der Waals surface area contributed by atoms with Crippen LogP contribution in [0.1, 0.15) is 0 Å². The van der Waals surface area contributed by atoms with Crippen LogP contribution in [0.4, 0.5) is 11.6 Å². The van der Waals surface area contributed by atoms with E-state index in [0.717, 1.165) is 0 Å². The molecule has 120 valence electrons. The van der Waals surface area contributed by atoms with E-state index in [9.17, 15) is 4.21 Å². The van der Waals surface area contributed by atoms with Gasteiger partial charge in [-0.15, -0.1) is 5.10 Å². The second-order valence-corrected chi connectivity index (χ2v) is 7.51. The molecule has 0 radical (unpaired) electrons. The first-order chi connectivity index (χ1) is 10.9. The van der Waals surface area contributed by atoms with E-state index in [1.165, 1.54) is 13.4 Å². The van der Waals surface area contributed by atoms with E-state index < -0.39 is 9.73 Å². The van der Waals surface area contributed by atoms with Crippen molar-refractivity contribution in [2.24, 2.45) is 0 Å². The molecular weight excluding hydrogens is 338 g/mol. The van der Waals surface area contributed by atoms with Crippen molar-refractivity contribution in [2.75, 3.05) is 18.7 Å². The average molecular weight is 352 g/mol. The normalized spacial score (nSPS) is 13.7. The van der Waals surface area contributed by atoms with E-state index >= 15 is 0 Å². The number of rotatable bonds is 4. The van der Waals surface area contributed by atoms with Crippen LogP contribution in [0.3, 0.4) is 0 Å². The van der Waals surface area contributed by atoms with Gasteiger partial charge >= 0.3 is 0 Å². The molecule has 1 unspecified atom stereocenters. The summed E-state index contributed by atoms with van der Waals surface area (Å²) in [6, 6.07) is 8.37. The predicted octanol–water partition coefficient (Wildman–Crippen LogP) is 3.17. The number of halogens is 1. The van der Waals surface area contributed by atoms with Gasteiger partial charge in [-0.3, -0.25) is 0 Å². The number of hydrogen-bond donors (Lipinski definition) is 2. The lowest BCUT2D eigenvalue weighted by atomic mass is 10.3. The van der Waals surface area contributed by atoms with Gasteiger partial charge in [-0.25, -0.2) is 13.5 Å². The lowest BCUT2D eigenvalue weighted by molar-refractivity contribution is 0.415. The number of nitrogens with zero attached hydrogens (tertiary/aromatic N) is 3. The minimum absolute atomic E-state index is 0.376. The minimum atomic E-state index is -2.81. The standard InChI is InChI=1S/C14H14ClN5O2S/c1-22-12-7-10(23(2,16)21)4-5-11(12)17-14-18-13-6-3-9(15)8-20(13)19-14/h3-8,16H,1-2H3,(H,17,19). The molecule has 9 heteroatoms. The number of pyridine rings is 1. The van der Waals surface area contributed by atoms with Gasteiger partial charge in [-0.1, -0.05) is 11.6 Å². The third-order valence-electron chi connectivity index (χ3n) is 3.16. The lowest BCUT2D eigenvalue weighted by Gasteiger charge is -2.10. The summed E-state index contributed by atoms with van der Waals surface area (Å²) < 4.78 is 26.3. The number of ether oxygens (including phenoxy) is 1. The number of methoxy groups -OCH3 is 1. The average Bonchev–Trinajstić information content (AvgIpc) is 2.87. The summed E-state index contributed by atoms with van der Waals surface area (Å²) in [6.45, 7) is 0. The first-order valence-electron chi connectivity index (χ1n) is 6.57. The SMILES string of the molecule is COc1cc(S(C)(=N)=O)ccc1Nc1nc2ccc(Cl)cn2n1. The Labute approximate surface area is 138 Å². The van der Waals surface area contributed by atoms with E-state index in [-0.39, 0.29) is 0 Å². The predicted molar refractivity (Wildman–Crippen MR) is 89.3 cm³/mol. The van der Waals surface area contributed by atoms with Crippen molar-refractivity contribution in [2.45, 2.75) is 4.90 Å². The van der Waals surface area contributed by atoms with Crippen LogP contribution in [-0.4, -0.2) is 32.2 Å². The molecule has 0 amide bonds. The Morgan fingerprint density at radius 2 is 2.13 bits per heavy atom. The summed E-state index contributed by atoms with van der Waals surface area (Å²) in [5, 5.41) is 7.88. The minimum Gasteiger partial charge on any atom is -0.495 e. The van der Waals surface area contributed by atoms with Crippen LogP contribution in [-0.2, 0) is 9.73 Å². The maximum atomic E-state index is 11.8. The van der Waals surface area contributed by atoms with Crippen molar-refractivity contribution >= 4 is 38.6 Å². The third-order valence-corrected chi connectivity index (χ3v) is 4.54. The second kappa shape index (κ2) is 5.71. The Morgan fingerprint density at radius 1 is 1.35 bits per heavy atom. The highest BCUT2D eigenvalue weighted by atomic mass is 35.5. The molecule has 0 aliphatic rings. The topological polar surface area (TPSA) is 92.4 Å². The molecule has 0 aliphatic heterocycles. The summed E-state index contributed by atoms with van der Waals surface area (Å²) in [5.74, 6) is 0.836. The fraction of sp³-hybridized carbons (Fsp3) is 0.143. The highest BCUT2D eigenvalue weighted by molar-refractivity contribution is 7.91. The monoisotopic (exact) mass is 351 g/mol. The summed E-state index contributed by atoms with van der Waals surface area (Å²) in [4.78, 5) is 4.73. The van der Waals surface area contributed by atoms with Crippen LogP contribution in [0.2, 0.25) is 5.02 Å². The molecular formula is C14H14ClN5O2S.